The largest absolute Gasteiger partial charge is 0.507 e. The fraction of sp³-hybridized carbons (Fsp3) is 0.222. The number of aromatic hydroxyl groups is 1. The van der Waals surface area contributed by atoms with Gasteiger partial charge in [-0.05, 0) is 42.9 Å². The summed E-state index contributed by atoms with van der Waals surface area (Å²) in [5.74, 6) is 1.39. The number of phenols is 1. The molecule has 0 spiro atoms. The molecule has 0 aromatic heterocycles. The SMILES string of the molecule is CCCOc1ccc(/C=N/NC(=S)Nc2ccccc2OC)c(O)c1. The van der Waals surface area contributed by atoms with Crippen molar-refractivity contribution in [3.05, 3.63) is 48.0 Å². The maximum absolute atomic E-state index is 10.00. The molecule has 0 saturated heterocycles. The van der Waals surface area contributed by atoms with E-state index in [1.165, 1.54) is 6.21 Å². The van der Waals surface area contributed by atoms with E-state index in [1.807, 2.05) is 31.2 Å². The van der Waals surface area contributed by atoms with E-state index in [9.17, 15) is 5.11 Å². The van der Waals surface area contributed by atoms with Crippen LogP contribution in [0.4, 0.5) is 5.69 Å². The summed E-state index contributed by atoms with van der Waals surface area (Å²) in [5, 5.41) is 17.3. The van der Waals surface area contributed by atoms with Crippen LogP contribution in [0.3, 0.4) is 0 Å². The van der Waals surface area contributed by atoms with Crippen LogP contribution in [0.25, 0.3) is 0 Å². The first-order chi connectivity index (χ1) is 12.1. The summed E-state index contributed by atoms with van der Waals surface area (Å²) in [6.07, 6.45) is 2.39. The fourth-order valence-electron chi connectivity index (χ4n) is 2.00. The number of para-hydroxylation sites is 2. The Hall–Kier alpha value is -2.80. The van der Waals surface area contributed by atoms with Gasteiger partial charge in [0.1, 0.15) is 17.2 Å². The standard InChI is InChI=1S/C18H21N3O3S/c1-3-10-24-14-9-8-13(16(22)11-14)12-19-21-18(25)20-15-6-4-5-7-17(15)23-2/h4-9,11-12,22H,3,10H2,1-2H3,(H2,20,21,25)/b19-12+. The van der Waals surface area contributed by atoms with E-state index < -0.39 is 0 Å². The van der Waals surface area contributed by atoms with Crippen LogP contribution in [-0.4, -0.2) is 30.2 Å². The Balaban J connectivity index is 1.93. The molecular weight excluding hydrogens is 338 g/mol. The van der Waals surface area contributed by atoms with Crippen molar-refractivity contribution in [2.24, 2.45) is 5.10 Å². The summed E-state index contributed by atoms with van der Waals surface area (Å²) < 4.78 is 10.7. The Kier molecular flexibility index (Phi) is 7.03. The molecular formula is C18H21N3O3S. The van der Waals surface area contributed by atoms with E-state index in [0.29, 0.717) is 28.8 Å². The Morgan fingerprint density at radius 3 is 2.80 bits per heavy atom. The van der Waals surface area contributed by atoms with Crippen LogP contribution in [0.5, 0.6) is 17.2 Å². The van der Waals surface area contributed by atoms with Crippen molar-refractivity contribution in [1.82, 2.24) is 5.43 Å². The van der Waals surface area contributed by atoms with Gasteiger partial charge in [0.25, 0.3) is 0 Å². The lowest BCUT2D eigenvalue weighted by Gasteiger charge is -2.11. The van der Waals surface area contributed by atoms with Gasteiger partial charge in [-0.2, -0.15) is 5.10 Å². The van der Waals surface area contributed by atoms with Crippen molar-refractivity contribution in [3.63, 3.8) is 0 Å². The molecule has 0 aliphatic heterocycles. The number of thiocarbonyl (C=S) groups is 1. The summed E-state index contributed by atoms with van der Waals surface area (Å²) in [7, 11) is 1.59. The van der Waals surface area contributed by atoms with E-state index in [1.54, 1.807) is 25.3 Å². The van der Waals surface area contributed by atoms with Gasteiger partial charge >= 0.3 is 0 Å². The molecule has 0 unspecified atom stereocenters. The van der Waals surface area contributed by atoms with E-state index >= 15 is 0 Å². The Morgan fingerprint density at radius 1 is 1.28 bits per heavy atom. The summed E-state index contributed by atoms with van der Waals surface area (Å²) in [6.45, 7) is 2.63. The van der Waals surface area contributed by atoms with Crippen LogP contribution in [0.15, 0.2) is 47.6 Å². The molecule has 2 aromatic carbocycles. The van der Waals surface area contributed by atoms with Crippen LogP contribution >= 0.6 is 12.2 Å². The van der Waals surface area contributed by atoms with Gasteiger partial charge in [0, 0.05) is 11.6 Å². The molecule has 0 atom stereocenters. The van der Waals surface area contributed by atoms with Crippen molar-refractivity contribution in [1.29, 1.82) is 0 Å². The van der Waals surface area contributed by atoms with E-state index in [4.69, 9.17) is 21.7 Å². The number of benzene rings is 2. The molecule has 25 heavy (non-hydrogen) atoms. The molecule has 0 heterocycles. The molecule has 0 bridgehead atoms. The number of methoxy groups -OCH3 is 1. The average molecular weight is 359 g/mol. The lowest BCUT2D eigenvalue weighted by Crippen LogP contribution is -2.24. The molecule has 3 N–H and O–H groups in total. The van der Waals surface area contributed by atoms with Gasteiger partial charge < -0.3 is 19.9 Å². The van der Waals surface area contributed by atoms with Crippen molar-refractivity contribution in [3.8, 4) is 17.2 Å². The van der Waals surface area contributed by atoms with Crippen molar-refractivity contribution in [2.45, 2.75) is 13.3 Å². The highest BCUT2D eigenvalue weighted by molar-refractivity contribution is 7.80. The average Bonchev–Trinajstić information content (AvgIpc) is 2.62. The normalized spacial score (nSPS) is 10.5. The molecule has 7 heteroatoms. The summed E-state index contributed by atoms with van der Waals surface area (Å²) in [4.78, 5) is 0. The molecule has 2 aromatic rings. The van der Waals surface area contributed by atoms with Crippen molar-refractivity contribution in [2.75, 3.05) is 19.0 Å². The van der Waals surface area contributed by atoms with Gasteiger partial charge in [-0.15, -0.1) is 0 Å². The van der Waals surface area contributed by atoms with Crippen LogP contribution in [0.2, 0.25) is 0 Å². The first kappa shape index (κ1) is 18.5. The Bertz CT molecular complexity index is 750. The third-order valence-electron chi connectivity index (χ3n) is 3.20. The number of hydrogen-bond donors (Lipinski definition) is 3. The molecule has 0 radical (unpaired) electrons. The highest BCUT2D eigenvalue weighted by Crippen LogP contribution is 2.23. The topological polar surface area (TPSA) is 75.1 Å². The van der Waals surface area contributed by atoms with Crippen LogP contribution in [0.1, 0.15) is 18.9 Å². The number of nitrogens with one attached hydrogen (secondary N) is 2. The number of ether oxygens (including phenoxy) is 2. The van der Waals surface area contributed by atoms with Crippen LogP contribution in [-0.2, 0) is 0 Å². The molecule has 0 saturated carbocycles. The van der Waals surface area contributed by atoms with E-state index in [-0.39, 0.29) is 5.75 Å². The minimum Gasteiger partial charge on any atom is -0.507 e. The molecule has 0 fully saturated rings. The third kappa shape index (κ3) is 5.65. The van der Waals surface area contributed by atoms with Gasteiger partial charge in [0.05, 0.1) is 25.6 Å². The molecule has 132 valence electrons. The number of phenolic OH excluding ortho intramolecular Hbond substituents is 1. The zero-order valence-electron chi connectivity index (χ0n) is 14.2. The van der Waals surface area contributed by atoms with Crippen molar-refractivity contribution < 1.29 is 14.6 Å². The second kappa shape index (κ2) is 9.48. The molecule has 2 rings (SSSR count). The molecule has 0 aliphatic carbocycles. The second-order valence-electron chi connectivity index (χ2n) is 5.09. The first-order valence-corrected chi connectivity index (χ1v) is 8.23. The van der Waals surface area contributed by atoms with Crippen LogP contribution in [0, 0.1) is 0 Å². The highest BCUT2D eigenvalue weighted by Gasteiger charge is 2.04. The van der Waals surface area contributed by atoms with Gasteiger partial charge in [-0.3, -0.25) is 5.43 Å². The molecule has 0 amide bonds. The van der Waals surface area contributed by atoms with Gasteiger partial charge in [-0.25, -0.2) is 0 Å². The third-order valence-corrected chi connectivity index (χ3v) is 3.39. The number of rotatable bonds is 7. The summed E-state index contributed by atoms with van der Waals surface area (Å²) >= 11 is 5.19. The Labute approximate surface area is 152 Å². The second-order valence-corrected chi connectivity index (χ2v) is 5.50. The van der Waals surface area contributed by atoms with Crippen molar-refractivity contribution >= 4 is 29.2 Å². The summed E-state index contributed by atoms with van der Waals surface area (Å²) in [5.41, 5.74) is 3.99. The predicted octanol–water partition coefficient (Wildman–Crippen LogP) is 3.51. The first-order valence-electron chi connectivity index (χ1n) is 7.83. The number of hydrazone groups is 1. The quantitative estimate of drug-likeness (QED) is 0.399. The van der Waals surface area contributed by atoms with Gasteiger partial charge in [0.15, 0.2) is 5.11 Å². The fourth-order valence-corrected chi connectivity index (χ4v) is 2.16. The lowest BCUT2D eigenvalue weighted by molar-refractivity contribution is 0.315. The Morgan fingerprint density at radius 2 is 2.08 bits per heavy atom. The van der Waals surface area contributed by atoms with E-state index in [0.717, 1.165) is 12.1 Å². The predicted molar refractivity (Wildman–Crippen MR) is 104 cm³/mol. The smallest absolute Gasteiger partial charge is 0.191 e. The maximum Gasteiger partial charge on any atom is 0.191 e. The monoisotopic (exact) mass is 359 g/mol. The molecule has 0 aliphatic rings. The maximum atomic E-state index is 10.00. The zero-order chi connectivity index (χ0) is 18.1. The minimum atomic E-state index is 0.0859. The van der Waals surface area contributed by atoms with Crippen LogP contribution < -0.4 is 20.2 Å². The number of nitrogens with zero attached hydrogens (tertiary/aromatic N) is 1. The van der Waals surface area contributed by atoms with E-state index in [2.05, 4.69) is 15.8 Å². The number of hydrogen-bond acceptors (Lipinski definition) is 5. The lowest BCUT2D eigenvalue weighted by atomic mass is 10.2. The van der Waals surface area contributed by atoms with Gasteiger partial charge in [0.2, 0.25) is 0 Å². The van der Waals surface area contributed by atoms with Gasteiger partial charge in [-0.1, -0.05) is 19.1 Å². The summed E-state index contributed by atoms with van der Waals surface area (Å²) in [6, 6.07) is 12.5. The zero-order valence-corrected chi connectivity index (χ0v) is 15.0. The highest BCUT2D eigenvalue weighted by atomic mass is 32.1. The molecule has 6 nitrogen and oxygen atoms in total. The minimum absolute atomic E-state index is 0.0859. The number of anilines is 1.